The first-order valence-electron chi connectivity index (χ1n) is 10.5. The Morgan fingerprint density at radius 1 is 1.11 bits per heavy atom. The van der Waals surface area contributed by atoms with Gasteiger partial charge in [-0.25, -0.2) is 9.97 Å². The Labute approximate surface area is 169 Å². The largest absolute Gasteiger partial charge is 0.342 e. The summed E-state index contributed by atoms with van der Waals surface area (Å²) >= 11 is 3.45. The van der Waals surface area contributed by atoms with Gasteiger partial charge in [0.2, 0.25) is 5.91 Å². The van der Waals surface area contributed by atoms with E-state index in [1.807, 2.05) is 11.3 Å². The maximum atomic E-state index is 12.9. The number of amides is 1. The van der Waals surface area contributed by atoms with Crippen molar-refractivity contribution in [3.05, 3.63) is 16.8 Å². The van der Waals surface area contributed by atoms with Gasteiger partial charge in [0.25, 0.3) is 0 Å². The lowest BCUT2D eigenvalue weighted by Gasteiger charge is -2.41. The van der Waals surface area contributed by atoms with E-state index < -0.39 is 0 Å². The molecule has 1 saturated carbocycles. The SMILES string of the molecule is O=C(CSc1ncnc2sc3c(c12)CCCC3)N1CC[C@@H]2CCCC[C@@H]2C1. The Hall–Kier alpha value is -1.14. The van der Waals surface area contributed by atoms with E-state index >= 15 is 0 Å². The van der Waals surface area contributed by atoms with Crippen LogP contribution in [-0.2, 0) is 17.6 Å². The van der Waals surface area contributed by atoms with Crippen LogP contribution >= 0.6 is 23.1 Å². The van der Waals surface area contributed by atoms with Crippen molar-refractivity contribution in [2.75, 3.05) is 18.8 Å². The molecule has 3 aliphatic rings. The van der Waals surface area contributed by atoms with Gasteiger partial charge in [-0.1, -0.05) is 31.0 Å². The summed E-state index contributed by atoms with van der Waals surface area (Å²) in [6.45, 7) is 1.94. The topological polar surface area (TPSA) is 46.1 Å². The monoisotopic (exact) mass is 401 g/mol. The fourth-order valence-corrected chi connectivity index (χ4v) is 7.44. The number of fused-ring (bicyclic) bond motifs is 4. The number of nitrogens with zero attached hydrogens (tertiary/aromatic N) is 3. The van der Waals surface area contributed by atoms with E-state index in [-0.39, 0.29) is 0 Å². The molecule has 0 spiro atoms. The van der Waals surface area contributed by atoms with Gasteiger partial charge >= 0.3 is 0 Å². The third-order valence-corrected chi connectivity index (χ3v) is 8.87. The first kappa shape index (κ1) is 17.9. The minimum Gasteiger partial charge on any atom is -0.342 e. The molecule has 2 aliphatic carbocycles. The summed E-state index contributed by atoms with van der Waals surface area (Å²) in [4.78, 5) is 26.7. The number of thioether (sulfide) groups is 1. The van der Waals surface area contributed by atoms with E-state index in [1.165, 1.54) is 67.2 Å². The second kappa shape index (κ2) is 7.70. The summed E-state index contributed by atoms with van der Waals surface area (Å²) in [5.74, 6) is 2.42. The number of thiophene rings is 1. The molecule has 0 aromatic carbocycles. The molecular formula is C21H27N3OS2. The van der Waals surface area contributed by atoms with Crippen LogP contribution in [0.4, 0.5) is 0 Å². The third-order valence-electron chi connectivity index (χ3n) is 6.69. The predicted molar refractivity (Wildman–Crippen MR) is 111 cm³/mol. The van der Waals surface area contributed by atoms with E-state index in [0.29, 0.717) is 11.7 Å². The predicted octanol–water partition coefficient (Wildman–Crippen LogP) is 4.70. The van der Waals surface area contributed by atoms with E-state index in [2.05, 4.69) is 14.9 Å². The average molecular weight is 402 g/mol. The molecular weight excluding hydrogens is 374 g/mol. The van der Waals surface area contributed by atoms with E-state index in [4.69, 9.17) is 0 Å². The van der Waals surface area contributed by atoms with Gasteiger partial charge in [0.05, 0.1) is 5.75 Å². The second-order valence-corrected chi connectivity index (χ2v) is 10.3. The van der Waals surface area contributed by atoms with Crippen LogP contribution in [-0.4, -0.2) is 39.6 Å². The summed E-state index contributed by atoms with van der Waals surface area (Å²) < 4.78 is 0. The molecule has 2 aromatic heterocycles. The number of rotatable bonds is 3. The Balaban J connectivity index is 1.29. The molecule has 0 unspecified atom stereocenters. The van der Waals surface area contributed by atoms with Crippen LogP contribution in [0.2, 0.25) is 0 Å². The molecule has 4 nitrogen and oxygen atoms in total. The van der Waals surface area contributed by atoms with Crippen LogP contribution in [0.25, 0.3) is 10.2 Å². The molecule has 3 heterocycles. The highest BCUT2D eigenvalue weighted by molar-refractivity contribution is 8.00. The number of carbonyl (C=O) groups excluding carboxylic acids is 1. The van der Waals surface area contributed by atoms with Crippen molar-refractivity contribution in [2.45, 2.75) is 62.8 Å². The molecule has 2 fully saturated rings. The van der Waals surface area contributed by atoms with Crippen molar-refractivity contribution in [3.63, 3.8) is 0 Å². The van der Waals surface area contributed by atoms with Gasteiger partial charge in [-0.05, 0) is 55.9 Å². The number of piperidine rings is 1. The molecule has 27 heavy (non-hydrogen) atoms. The van der Waals surface area contributed by atoms with E-state index in [9.17, 15) is 4.79 Å². The molecule has 5 rings (SSSR count). The molecule has 1 aliphatic heterocycles. The number of carbonyl (C=O) groups is 1. The fraction of sp³-hybridized carbons (Fsp3) is 0.667. The standard InChI is InChI=1S/C21H27N3OS2/c25-18(24-10-9-14-5-1-2-6-15(14)11-24)12-26-20-19-16-7-3-4-8-17(16)27-21(19)23-13-22-20/h13-15H,1-12H2/t14-,15+/m0/s1. The minimum atomic E-state index is 0.292. The van der Waals surface area contributed by atoms with Crippen molar-refractivity contribution in [1.29, 1.82) is 0 Å². The number of aryl methyl sites for hydroxylation is 2. The fourth-order valence-electron chi connectivity index (χ4n) is 5.22. The highest BCUT2D eigenvalue weighted by Crippen LogP contribution is 2.40. The Kier molecular flexibility index (Phi) is 5.11. The number of likely N-dealkylation sites (tertiary alicyclic amines) is 1. The zero-order chi connectivity index (χ0) is 18.2. The Morgan fingerprint density at radius 2 is 1.96 bits per heavy atom. The molecule has 0 N–H and O–H groups in total. The summed E-state index contributed by atoms with van der Waals surface area (Å²) in [6.07, 6.45) is 13.2. The third kappa shape index (κ3) is 3.51. The van der Waals surface area contributed by atoms with Crippen molar-refractivity contribution >= 4 is 39.2 Å². The Morgan fingerprint density at radius 3 is 2.89 bits per heavy atom. The first-order chi connectivity index (χ1) is 13.3. The molecule has 1 saturated heterocycles. The van der Waals surface area contributed by atoms with Gasteiger partial charge in [0, 0.05) is 23.4 Å². The molecule has 2 atom stereocenters. The molecule has 0 bridgehead atoms. The van der Waals surface area contributed by atoms with Crippen LogP contribution in [0.3, 0.4) is 0 Å². The quantitative estimate of drug-likeness (QED) is 0.552. The summed E-state index contributed by atoms with van der Waals surface area (Å²) in [7, 11) is 0. The average Bonchev–Trinajstić information content (AvgIpc) is 3.11. The van der Waals surface area contributed by atoms with Crippen molar-refractivity contribution < 1.29 is 4.79 Å². The van der Waals surface area contributed by atoms with Crippen molar-refractivity contribution in [1.82, 2.24) is 14.9 Å². The van der Waals surface area contributed by atoms with Gasteiger partial charge in [-0.3, -0.25) is 4.79 Å². The molecule has 0 radical (unpaired) electrons. The molecule has 6 heteroatoms. The van der Waals surface area contributed by atoms with Crippen molar-refractivity contribution in [3.8, 4) is 0 Å². The highest BCUT2D eigenvalue weighted by atomic mass is 32.2. The van der Waals surface area contributed by atoms with E-state index in [1.54, 1.807) is 18.1 Å². The smallest absolute Gasteiger partial charge is 0.232 e. The second-order valence-electron chi connectivity index (χ2n) is 8.29. The maximum absolute atomic E-state index is 12.9. The lowest BCUT2D eigenvalue weighted by Crippen LogP contribution is -2.45. The number of aromatic nitrogens is 2. The number of hydrogen-bond donors (Lipinski definition) is 0. The number of hydrogen-bond acceptors (Lipinski definition) is 5. The van der Waals surface area contributed by atoms with Crippen LogP contribution in [0.1, 0.15) is 55.4 Å². The zero-order valence-corrected chi connectivity index (χ0v) is 17.4. The van der Waals surface area contributed by atoms with E-state index in [0.717, 1.165) is 41.2 Å². The lowest BCUT2D eigenvalue weighted by molar-refractivity contribution is -0.131. The highest BCUT2D eigenvalue weighted by Gasteiger charge is 2.33. The van der Waals surface area contributed by atoms with Crippen LogP contribution in [0, 0.1) is 11.8 Å². The first-order valence-corrected chi connectivity index (χ1v) is 12.3. The van der Waals surface area contributed by atoms with Crippen LogP contribution in [0.15, 0.2) is 11.4 Å². The molecule has 1 amide bonds. The van der Waals surface area contributed by atoms with Crippen LogP contribution in [0.5, 0.6) is 0 Å². The van der Waals surface area contributed by atoms with Gasteiger partial charge in [-0.2, -0.15) is 0 Å². The zero-order valence-electron chi connectivity index (χ0n) is 15.8. The van der Waals surface area contributed by atoms with Gasteiger partial charge in [0.15, 0.2) is 0 Å². The van der Waals surface area contributed by atoms with Crippen molar-refractivity contribution in [2.24, 2.45) is 11.8 Å². The molecule has 144 valence electrons. The summed E-state index contributed by atoms with van der Waals surface area (Å²) in [5.41, 5.74) is 1.46. The minimum absolute atomic E-state index is 0.292. The van der Waals surface area contributed by atoms with Gasteiger partial charge < -0.3 is 4.90 Å². The molecule has 2 aromatic rings. The normalized spacial score (nSPS) is 25.3. The van der Waals surface area contributed by atoms with Crippen LogP contribution < -0.4 is 0 Å². The summed E-state index contributed by atoms with van der Waals surface area (Å²) in [5, 5.41) is 2.25. The van der Waals surface area contributed by atoms with Gasteiger partial charge in [0.1, 0.15) is 16.2 Å². The lowest BCUT2D eigenvalue weighted by atomic mass is 9.75. The Bertz CT molecular complexity index is 849. The summed E-state index contributed by atoms with van der Waals surface area (Å²) in [6, 6.07) is 0. The maximum Gasteiger partial charge on any atom is 0.232 e. The van der Waals surface area contributed by atoms with Gasteiger partial charge in [-0.15, -0.1) is 11.3 Å².